The minimum atomic E-state index is -0.0467. The van der Waals surface area contributed by atoms with Crippen LogP contribution in [-0.2, 0) is 9.53 Å². The van der Waals surface area contributed by atoms with Crippen molar-refractivity contribution in [2.24, 2.45) is 11.3 Å². The smallest absolute Gasteiger partial charge is 0.305 e. The second kappa shape index (κ2) is 5.00. The van der Waals surface area contributed by atoms with Gasteiger partial charge in [0.25, 0.3) is 0 Å². The number of rotatable bonds is 2. The summed E-state index contributed by atoms with van der Waals surface area (Å²) in [5.41, 5.74) is 0.345. The largest absolute Gasteiger partial charge is 0.462 e. The van der Waals surface area contributed by atoms with E-state index in [0.29, 0.717) is 17.8 Å². The lowest BCUT2D eigenvalue weighted by Crippen LogP contribution is -2.31. The number of hydrogen-bond acceptors (Lipinski definition) is 2. The Kier molecular flexibility index (Phi) is 4.18. The molecule has 2 heteroatoms. The summed E-state index contributed by atoms with van der Waals surface area (Å²) in [4.78, 5) is 11.2. The molecule has 0 unspecified atom stereocenters. The van der Waals surface area contributed by atoms with Crippen molar-refractivity contribution in [3.63, 3.8) is 0 Å². The van der Waals surface area contributed by atoms with E-state index in [1.807, 2.05) is 6.92 Å². The molecule has 1 aliphatic rings. The van der Waals surface area contributed by atoms with Gasteiger partial charge in [0.2, 0.25) is 0 Å². The molecule has 0 heterocycles. The van der Waals surface area contributed by atoms with Gasteiger partial charge in [0.05, 0.1) is 0 Å². The van der Waals surface area contributed by atoms with Crippen LogP contribution < -0.4 is 0 Å². The lowest BCUT2D eigenvalue weighted by atomic mass is 9.71. The molecule has 1 saturated carbocycles. The average molecular weight is 212 g/mol. The number of ether oxygens (including phenoxy) is 1. The molecule has 0 saturated heterocycles. The predicted molar refractivity (Wildman–Crippen MR) is 61.6 cm³/mol. The fourth-order valence-electron chi connectivity index (χ4n) is 2.31. The molecule has 0 aromatic heterocycles. The third-order valence-electron chi connectivity index (χ3n) is 3.44. The second-order valence-corrected chi connectivity index (χ2v) is 5.69. The maximum absolute atomic E-state index is 11.2. The molecule has 2 atom stereocenters. The van der Waals surface area contributed by atoms with Crippen molar-refractivity contribution >= 4 is 5.97 Å². The first-order valence-electron chi connectivity index (χ1n) is 6.13. The summed E-state index contributed by atoms with van der Waals surface area (Å²) in [6.45, 7) is 8.69. The lowest BCUT2D eigenvalue weighted by molar-refractivity contribution is -0.151. The van der Waals surface area contributed by atoms with Gasteiger partial charge in [0, 0.05) is 6.42 Å². The molecule has 0 aromatic rings. The summed E-state index contributed by atoms with van der Waals surface area (Å²) in [6.07, 6.45) is 5.26. The number of hydrogen-bond donors (Lipinski definition) is 0. The van der Waals surface area contributed by atoms with Gasteiger partial charge in [-0.3, -0.25) is 4.79 Å². The molecular weight excluding hydrogens is 188 g/mol. The maximum Gasteiger partial charge on any atom is 0.305 e. The van der Waals surface area contributed by atoms with E-state index in [4.69, 9.17) is 4.74 Å². The number of esters is 1. The fourth-order valence-corrected chi connectivity index (χ4v) is 2.31. The van der Waals surface area contributed by atoms with E-state index in [0.717, 1.165) is 12.8 Å². The molecule has 1 rings (SSSR count). The molecule has 1 aliphatic carbocycles. The van der Waals surface area contributed by atoms with Crippen LogP contribution in [0.4, 0.5) is 0 Å². The molecule has 15 heavy (non-hydrogen) atoms. The van der Waals surface area contributed by atoms with Crippen LogP contribution in [0, 0.1) is 11.3 Å². The van der Waals surface area contributed by atoms with Crippen LogP contribution in [0.1, 0.15) is 59.8 Å². The van der Waals surface area contributed by atoms with Crippen molar-refractivity contribution < 1.29 is 9.53 Å². The average Bonchev–Trinajstić information content (AvgIpc) is 2.17. The Balaban J connectivity index is 2.46. The topological polar surface area (TPSA) is 26.3 Å². The highest BCUT2D eigenvalue weighted by atomic mass is 16.5. The van der Waals surface area contributed by atoms with Crippen molar-refractivity contribution in [3.8, 4) is 0 Å². The van der Waals surface area contributed by atoms with E-state index in [2.05, 4.69) is 20.8 Å². The molecule has 0 aliphatic heterocycles. The SMILES string of the molecule is CCC(=O)O[C@H]1CCC[C@@H](C(C)(C)C)C1. The van der Waals surface area contributed by atoms with Gasteiger partial charge < -0.3 is 4.74 Å². The van der Waals surface area contributed by atoms with Gasteiger partial charge in [0.15, 0.2) is 0 Å². The standard InChI is InChI=1S/C13H24O2/c1-5-12(14)15-11-8-6-7-10(9-11)13(2,3)4/h10-11H,5-9H2,1-4H3/t10-,11+/m1/s1. The lowest BCUT2D eigenvalue weighted by Gasteiger charge is -2.37. The molecule has 88 valence electrons. The predicted octanol–water partition coefficient (Wildman–Crippen LogP) is 3.54. The molecule has 0 amide bonds. The Morgan fingerprint density at radius 1 is 1.33 bits per heavy atom. The van der Waals surface area contributed by atoms with Gasteiger partial charge in [-0.1, -0.05) is 27.7 Å². The van der Waals surface area contributed by atoms with Gasteiger partial charge in [-0.15, -0.1) is 0 Å². The van der Waals surface area contributed by atoms with Crippen LogP contribution in [-0.4, -0.2) is 12.1 Å². The van der Waals surface area contributed by atoms with E-state index < -0.39 is 0 Å². The first kappa shape index (κ1) is 12.5. The highest BCUT2D eigenvalue weighted by molar-refractivity contribution is 5.69. The van der Waals surface area contributed by atoms with Crippen molar-refractivity contribution in [1.29, 1.82) is 0 Å². The Morgan fingerprint density at radius 3 is 2.53 bits per heavy atom. The molecule has 0 aromatic carbocycles. The van der Waals surface area contributed by atoms with Crippen molar-refractivity contribution in [2.75, 3.05) is 0 Å². The zero-order valence-corrected chi connectivity index (χ0v) is 10.5. The van der Waals surface area contributed by atoms with Crippen molar-refractivity contribution in [2.45, 2.75) is 65.9 Å². The monoisotopic (exact) mass is 212 g/mol. The quantitative estimate of drug-likeness (QED) is 0.654. The van der Waals surface area contributed by atoms with Gasteiger partial charge in [-0.05, 0) is 37.0 Å². The van der Waals surface area contributed by atoms with Crippen molar-refractivity contribution in [1.82, 2.24) is 0 Å². The first-order chi connectivity index (χ1) is 6.93. The minimum absolute atomic E-state index is 0.0467. The van der Waals surface area contributed by atoms with Crippen LogP contribution >= 0.6 is 0 Å². The third-order valence-corrected chi connectivity index (χ3v) is 3.44. The molecule has 0 spiro atoms. The van der Waals surface area contributed by atoms with Gasteiger partial charge in [-0.2, -0.15) is 0 Å². The van der Waals surface area contributed by atoms with Crippen molar-refractivity contribution in [3.05, 3.63) is 0 Å². The summed E-state index contributed by atoms with van der Waals surface area (Å²) in [5, 5.41) is 0. The van der Waals surface area contributed by atoms with Gasteiger partial charge >= 0.3 is 5.97 Å². The summed E-state index contributed by atoms with van der Waals surface area (Å²) in [6, 6.07) is 0. The maximum atomic E-state index is 11.2. The Labute approximate surface area is 93.4 Å². The third kappa shape index (κ3) is 3.84. The molecule has 1 fully saturated rings. The van der Waals surface area contributed by atoms with Gasteiger partial charge in [0.1, 0.15) is 6.10 Å². The Bertz CT molecular complexity index is 215. The molecular formula is C13H24O2. The summed E-state index contributed by atoms with van der Waals surface area (Å²) >= 11 is 0. The van der Waals surface area contributed by atoms with Crippen LogP contribution in [0.2, 0.25) is 0 Å². The molecule has 0 bridgehead atoms. The summed E-state index contributed by atoms with van der Waals surface area (Å²) < 4.78 is 5.43. The minimum Gasteiger partial charge on any atom is -0.462 e. The molecule has 0 radical (unpaired) electrons. The van der Waals surface area contributed by atoms with Crippen LogP contribution in [0.5, 0.6) is 0 Å². The molecule has 2 nitrogen and oxygen atoms in total. The zero-order valence-electron chi connectivity index (χ0n) is 10.5. The van der Waals surface area contributed by atoms with Crippen LogP contribution in [0.3, 0.4) is 0 Å². The number of carbonyl (C=O) groups is 1. The molecule has 0 N–H and O–H groups in total. The van der Waals surface area contributed by atoms with Crippen LogP contribution in [0.15, 0.2) is 0 Å². The van der Waals surface area contributed by atoms with E-state index in [-0.39, 0.29) is 12.1 Å². The van der Waals surface area contributed by atoms with E-state index >= 15 is 0 Å². The summed E-state index contributed by atoms with van der Waals surface area (Å²) in [5.74, 6) is 0.649. The normalized spacial score (nSPS) is 27.5. The van der Waals surface area contributed by atoms with E-state index in [9.17, 15) is 4.79 Å². The first-order valence-corrected chi connectivity index (χ1v) is 6.13. The highest BCUT2D eigenvalue weighted by Gasteiger charge is 2.31. The van der Waals surface area contributed by atoms with E-state index in [1.54, 1.807) is 0 Å². The fraction of sp³-hybridized carbons (Fsp3) is 0.923. The van der Waals surface area contributed by atoms with Gasteiger partial charge in [-0.25, -0.2) is 0 Å². The number of carbonyl (C=O) groups excluding carboxylic acids is 1. The summed E-state index contributed by atoms with van der Waals surface area (Å²) in [7, 11) is 0. The Hall–Kier alpha value is -0.530. The van der Waals surface area contributed by atoms with E-state index in [1.165, 1.54) is 12.8 Å². The second-order valence-electron chi connectivity index (χ2n) is 5.69. The highest BCUT2D eigenvalue weighted by Crippen LogP contribution is 2.38. The Morgan fingerprint density at radius 2 is 2.00 bits per heavy atom. The van der Waals surface area contributed by atoms with Crippen LogP contribution in [0.25, 0.3) is 0 Å². The zero-order chi connectivity index (χ0) is 11.5.